The van der Waals surface area contributed by atoms with Crippen molar-refractivity contribution < 1.29 is 9.47 Å². The van der Waals surface area contributed by atoms with Crippen LogP contribution >= 0.6 is 0 Å². The van der Waals surface area contributed by atoms with Crippen LogP contribution in [0.1, 0.15) is 0 Å². The fraction of sp³-hybridized carbons (Fsp3) is 0.357. The quantitative estimate of drug-likeness (QED) is 0.386. The van der Waals surface area contributed by atoms with E-state index in [1.165, 1.54) is 0 Å². The van der Waals surface area contributed by atoms with Gasteiger partial charge in [-0.15, -0.1) is 0 Å². The van der Waals surface area contributed by atoms with Gasteiger partial charge in [0.15, 0.2) is 0 Å². The SMILES string of the molecule is CO[C@H]1CNC[C@@H]1Cn1c(=O)c(-c2ccccc2)cc2cnc(Nc3ccc(N4CCOCC4)nc3)nc21. The van der Waals surface area contributed by atoms with Crippen LogP contribution in [0, 0.1) is 5.92 Å². The second-order valence-electron chi connectivity index (χ2n) is 9.63. The van der Waals surface area contributed by atoms with Crippen molar-refractivity contribution in [3.63, 3.8) is 0 Å². The van der Waals surface area contributed by atoms with E-state index in [-0.39, 0.29) is 17.6 Å². The van der Waals surface area contributed by atoms with Gasteiger partial charge >= 0.3 is 0 Å². The van der Waals surface area contributed by atoms with Gasteiger partial charge in [-0.2, -0.15) is 4.98 Å². The lowest BCUT2D eigenvalue weighted by atomic mass is 10.0. The van der Waals surface area contributed by atoms with Gasteiger partial charge in [0.05, 0.1) is 31.2 Å². The van der Waals surface area contributed by atoms with Gasteiger partial charge in [0.25, 0.3) is 5.56 Å². The van der Waals surface area contributed by atoms with E-state index >= 15 is 0 Å². The first kappa shape index (κ1) is 24.5. The first-order valence-corrected chi connectivity index (χ1v) is 12.9. The van der Waals surface area contributed by atoms with E-state index in [1.807, 2.05) is 48.5 Å². The maximum absolute atomic E-state index is 13.8. The molecule has 6 rings (SSSR count). The van der Waals surface area contributed by atoms with Crippen molar-refractivity contribution in [2.75, 3.05) is 56.7 Å². The van der Waals surface area contributed by atoms with Gasteiger partial charge in [-0.05, 0) is 23.8 Å². The van der Waals surface area contributed by atoms with Crippen LogP contribution in [0.15, 0.2) is 65.7 Å². The van der Waals surface area contributed by atoms with E-state index in [1.54, 1.807) is 24.1 Å². The Kier molecular flexibility index (Phi) is 7.00. The Bertz CT molecular complexity index is 1450. The van der Waals surface area contributed by atoms with E-state index in [4.69, 9.17) is 14.5 Å². The van der Waals surface area contributed by atoms with Crippen molar-refractivity contribution in [3.8, 4) is 11.1 Å². The molecule has 0 unspecified atom stereocenters. The summed E-state index contributed by atoms with van der Waals surface area (Å²) in [5.74, 6) is 1.47. The molecule has 5 heterocycles. The first-order valence-electron chi connectivity index (χ1n) is 12.9. The predicted molar refractivity (Wildman–Crippen MR) is 147 cm³/mol. The maximum Gasteiger partial charge on any atom is 0.260 e. The Morgan fingerprint density at radius 2 is 1.92 bits per heavy atom. The van der Waals surface area contributed by atoms with Crippen LogP contribution in [0.25, 0.3) is 22.2 Å². The average molecular weight is 514 g/mol. The van der Waals surface area contributed by atoms with Gasteiger partial charge < -0.3 is 25.0 Å². The second kappa shape index (κ2) is 10.9. The van der Waals surface area contributed by atoms with Crippen molar-refractivity contribution in [2.45, 2.75) is 12.6 Å². The molecule has 10 nitrogen and oxygen atoms in total. The summed E-state index contributed by atoms with van der Waals surface area (Å²) in [4.78, 5) is 30.0. The zero-order chi connectivity index (χ0) is 25.9. The number of nitrogens with zero attached hydrogens (tertiary/aromatic N) is 5. The average Bonchev–Trinajstić information content (AvgIpc) is 3.43. The number of fused-ring (bicyclic) bond motifs is 1. The van der Waals surface area contributed by atoms with Gasteiger partial charge in [0.2, 0.25) is 5.95 Å². The molecular weight excluding hydrogens is 482 g/mol. The highest BCUT2D eigenvalue weighted by Crippen LogP contribution is 2.24. The summed E-state index contributed by atoms with van der Waals surface area (Å²) in [6, 6.07) is 15.5. The lowest BCUT2D eigenvalue weighted by Gasteiger charge is -2.27. The molecule has 2 saturated heterocycles. The molecule has 0 radical (unpaired) electrons. The summed E-state index contributed by atoms with van der Waals surface area (Å²) in [6.45, 7) is 5.12. The van der Waals surface area contributed by atoms with E-state index in [0.717, 1.165) is 48.6 Å². The number of aromatic nitrogens is 4. The molecular formula is C28H31N7O3. The smallest absolute Gasteiger partial charge is 0.260 e. The lowest BCUT2D eigenvalue weighted by molar-refractivity contribution is 0.0770. The Balaban J connectivity index is 1.35. The zero-order valence-electron chi connectivity index (χ0n) is 21.3. The third-order valence-corrected chi connectivity index (χ3v) is 7.25. The minimum Gasteiger partial charge on any atom is -0.380 e. The van der Waals surface area contributed by atoms with Gasteiger partial charge in [-0.25, -0.2) is 9.97 Å². The molecule has 0 bridgehead atoms. The molecule has 2 fully saturated rings. The Morgan fingerprint density at radius 1 is 1.08 bits per heavy atom. The Morgan fingerprint density at radius 3 is 2.68 bits per heavy atom. The molecule has 2 atom stereocenters. The van der Waals surface area contributed by atoms with Crippen LogP contribution in [0.2, 0.25) is 0 Å². The van der Waals surface area contributed by atoms with Crippen LogP contribution in [-0.2, 0) is 16.0 Å². The Hall–Kier alpha value is -3.86. The van der Waals surface area contributed by atoms with Crippen LogP contribution < -0.4 is 21.1 Å². The number of ether oxygens (including phenoxy) is 2. The fourth-order valence-electron chi connectivity index (χ4n) is 5.18. The van der Waals surface area contributed by atoms with E-state index < -0.39 is 0 Å². The summed E-state index contributed by atoms with van der Waals surface area (Å²) < 4.78 is 12.9. The minimum absolute atomic E-state index is 0.0350. The molecule has 196 valence electrons. The minimum atomic E-state index is -0.0772. The highest BCUT2D eigenvalue weighted by molar-refractivity contribution is 5.81. The van der Waals surface area contributed by atoms with Crippen LogP contribution in [-0.4, -0.2) is 72.1 Å². The third kappa shape index (κ3) is 4.98. The maximum atomic E-state index is 13.8. The van der Waals surface area contributed by atoms with E-state index in [0.29, 0.717) is 36.9 Å². The lowest BCUT2D eigenvalue weighted by Crippen LogP contribution is -2.36. The van der Waals surface area contributed by atoms with Crippen molar-refractivity contribution in [3.05, 3.63) is 71.3 Å². The summed E-state index contributed by atoms with van der Waals surface area (Å²) in [5.41, 5.74) is 2.79. The summed E-state index contributed by atoms with van der Waals surface area (Å²) in [7, 11) is 1.72. The molecule has 0 saturated carbocycles. The molecule has 0 aliphatic carbocycles. The number of methoxy groups -OCH3 is 1. The van der Waals surface area contributed by atoms with E-state index in [2.05, 4.69) is 25.5 Å². The Labute approximate surface area is 220 Å². The largest absolute Gasteiger partial charge is 0.380 e. The highest BCUT2D eigenvalue weighted by Gasteiger charge is 2.28. The van der Waals surface area contributed by atoms with Gasteiger partial charge in [0.1, 0.15) is 11.5 Å². The normalized spacial score (nSPS) is 19.7. The molecule has 10 heteroatoms. The van der Waals surface area contributed by atoms with E-state index in [9.17, 15) is 4.79 Å². The molecule has 3 aromatic heterocycles. The number of morpholine rings is 1. The summed E-state index contributed by atoms with van der Waals surface area (Å²) in [6.07, 6.45) is 3.58. The third-order valence-electron chi connectivity index (χ3n) is 7.25. The number of nitrogens with one attached hydrogen (secondary N) is 2. The van der Waals surface area contributed by atoms with Gasteiger partial charge in [-0.3, -0.25) is 9.36 Å². The zero-order valence-corrected chi connectivity index (χ0v) is 21.3. The molecule has 2 aliphatic rings. The molecule has 1 aromatic carbocycles. The summed E-state index contributed by atoms with van der Waals surface area (Å²) in [5, 5.41) is 7.43. The number of pyridine rings is 2. The fourth-order valence-corrected chi connectivity index (χ4v) is 5.18. The number of hydrogen-bond acceptors (Lipinski definition) is 9. The van der Waals surface area contributed by atoms with Crippen LogP contribution in [0.4, 0.5) is 17.5 Å². The molecule has 0 amide bonds. The number of benzene rings is 1. The molecule has 2 N–H and O–H groups in total. The van der Waals surface area contributed by atoms with Crippen molar-refractivity contribution >= 4 is 28.5 Å². The molecule has 2 aliphatic heterocycles. The number of anilines is 3. The standard InChI is InChI=1S/C28H31N7O3/c1-37-24-17-29-14-21(24)18-35-26-20(13-23(27(35)36)19-5-3-2-4-6-19)15-31-28(33-26)32-22-7-8-25(30-16-22)34-9-11-38-12-10-34/h2-8,13,15-16,21,24,29H,9-12,14,17-18H2,1H3,(H,31,32,33)/t21-,24+/m1/s1. The summed E-state index contributed by atoms with van der Waals surface area (Å²) >= 11 is 0. The predicted octanol–water partition coefficient (Wildman–Crippen LogP) is 2.67. The van der Waals surface area contributed by atoms with Gasteiger partial charge in [-0.1, -0.05) is 30.3 Å². The van der Waals surface area contributed by atoms with Crippen molar-refractivity contribution in [1.29, 1.82) is 0 Å². The van der Waals surface area contributed by atoms with Crippen LogP contribution in [0.3, 0.4) is 0 Å². The molecule has 38 heavy (non-hydrogen) atoms. The highest BCUT2D eigenvalue weighted by atomic mass is 16.5. The molecule has 0 spiro atoms. The van der Waals surface area contributed by atoms with Crippen molar-refractivity contribution in [2.24, 2.45) is 5.92 Å². The monoisotopic (exact) mass is 513 g/mol. The number of rotatable bonds is 7. The molecule has 4 aromatic rings. The first-order chi connectivity index (χ1) is 18.7. The van der Waals surface area contributed by atoms with Crippen molar-refractivity contribution in [1.82, 2.24) is 24.8 Å². The van der Waals surface area contributed by atoms with Crippen LogP contribution in [0.5, 0.6) is 0 Å². The topological polar surface area (TPSA) is 106 Å². The second-order valence-corrected chi connectivity index (χ2v) is 9.63. The number of hydrogen-bond donors (Lipinski definition) is 2. The van der Waals surface area contributed by atoms with Gasteiger partial charge in [0, 0.05) is 62.9 Å².